The van der Waals surface area contributed by atoms with E-state index in [1.807, 2.05) is 59.7 Å². The Labute approximate surface area is 173 Å². The van der Waals surface area contributed by atoms with Crippen molar-refractivity contribution in [1.82, 2.24) is 20.4 Å². The number of aryl methyl sites for hydroxylation is 1. The Balaban J connectivity index is 1.31. The van der Waals surface area contributed by atoms with E-state index in [1.54, 1.807) is 11.3 Å². The van der Waals surface area contributed by atoms with E-state index in [0.717, 1.165) is 34.5 Å². The maximum atomic E-state index is 12.8. The van der Waals surface area contributed by atoms with Crippen LogP contribution in [0.4, 0.5) is 0 Å². The van der Waals surface area contributed by atoms with Gasteiger partial charge in [0.05, 0.1) is 12.1 Å². The summed E-state index contributed by atoms with van der Waals surface area (Å²) < 4.78 is 0. The summed E-state index contributed by atoms with van der Waals surface area (Å²) in [7, 11) is 0. The van der Waals surface area contributed by atoms with Gasteiger partial charge in [0, 0.05) is 29.6 Å². The fourth-order valence-corrected chi connectivity index (χ4v) is 4.38. The van der Waals surface area contributed by atoms with Gasteiger partial charge in [0.2, 0.25) is 5.91 Å². The lowest BCUT2D eigenvalue weighted by molar-refractivity contribution is -0.121. The third-order valence-corrected chi connectivity index (χ3v) is 6.17. The van der Waals surface area contributed by atoms with E-state index in [0.29, 0.717) is 25.2 Å². The van der Waals surface area contributed by atoms with Crippen LogP contribution in [0.1, 0.15) is 33.8 Å². The number of carbonyl (C=O) groups excluding carboxylic acids is 2. The molecule has 0 radical (unpaired) electrons. The Morgan fingerprint density at radius 1 is 1.21 bits per heavy atom. The highest BCUT2D eigenvalue weighted by Gasteiger charge is 2.26. The van der Waals surface area contributed by atoms with Crippen molar-refractivity contribution in [3.63, 3.8) is 0 Å². The predicted molar refractivity (Wildman–Crippen MR) is 114 cm³/mol. The third-order valence-electron chi connectivity index (χ3n) is 5.29. The smallest absolute Gasteiger partial charge is 0.271 e. The molecule has 0 aliphatic carbocycles. The highest BCUT2D eigenvalue weighted by molar-refractivity contribution is 7.10. The number of hydrogen-bond donors (Lipinski definition) is 2. The first-order valence-electron chi connectivity index (χ1n) is 9.82. The SMILES string of the molecule is Cc1ccccc1-c1cc(C(=O)N2CCC(NC(=O)Cc3cccs3)CC2)[nH]n1. The molecule has 7 heteroatoms. The Kier molecular flexibility index (Phi) is 5.76. The maximum absolute atomic E-state index is 12.8. The number of piperidine rings is 1. The number of benzene rings is 1. The third kappa shape index (κ3) is 4.56. The number of carbonyl (C=O) groups is 2. The van der Waals surface area contributed by atoms with Gasteiger partial charge in [0.25, 0.3) is 5.91 Å². The molecule has 6 nitrogen and oxygen atoms in total. The van der Waals surface area contributed by atoms with Crippen molar-refractivity contribution in [2.45, 2.75) is 32.2 Å². The lowest BCUT2D eigenvalue weighted by Gasteiger charge is -2.32. The molecule has 4 rings (SSSR count). The molecule has 3 aromatic rings. The van der Waals surface area contributed by atoms with E-state index in [2.05, 4.69) is 15.5 Å². The summed E-state index contributed by atoms with van der Waals surface area (Å²) in [4.78, 5) is 27.9. The number of thiophene rings is 1. The topological polar surface area (TPSA) is 78.1 Å². The molecule has 150 valence electrons. The van der Waals surface area contributed by atoms with Crippen LogP contribution in [0.15, 0.2) is 47.8 Å². The van der Waals surface area contributed by atoms with Crippen molar-refractivity contribution >= 4 is 23.2 Å². The molecule has 1 fully saturated rings. The summed E-state index contributed by atoms with van der Waals surface area (Å²) in [6.07, 6.45) is 1.95. The van der Waals surface area contributed by atoms with Crippen LogP contribution in [0, 0.1) is 6.92 Å². The summed E-state index contributed by atoms with van der Waals surface area (Å²) in [5, 5.41) is 12.3. The van der Waals surface area contributed by atoms with Crippen molar-refractivity contribution in [1.29, 1.82) is 0 Å². The number of amides is 2. The van der Waals surface area contributed by atoms with Gasteiger partial charge in [-0.3, -0.25) is 14.7 Å². The molecule has 0 spiro atoms. The number of likely N-dealkylation sites (tertiary alicyclic amines) is 1. The van der Waals surface area contributed by atoms with Crippen LogP contribution in [-0.2, 0) is 11.2 Å². The van der Waals surface area contributed by atoms with Crippen LogP contribution >= 0.6 is 11.3 Å². The second-order valence-electron chi connectivity index (χ2n) is 7.37. The van der Waals surface area contributed by atoms with Gasteiger partial charge in [0.15, 0.2) is 0 Å². The van der Waals surface area contributed by atoms with Gasteiger partial charge in [-0.05, 0) is 42.8 Å². The molecule has 1 saturated heterocycles. The van der Waals surface area contributed by atoms with Crippen LogP contribution in [0.2, 0.25) is 0 Å². The molecule has 1 aliphatic rings. The van der Waals surface area contributed by atoms with Gasteiger partial charge < -0.3 is 10.2 Å². The second kappa shape index (κ2) is 8.61. The minimum absolute atomic E-state index is 0.0410. The highest BCUT2D eigenvalue weighted by Crippen LogP contribution is 2.22. The minimum atomic E-state index is -0.0410. The minimum Gasteiger partial charge on any atom is -0.353 e. The normalized spacial score (nSPS) is 14.7. The van der Waals surface area contributed by atoms with Gasteiger partial charge in [-0.1, -0.05) is 30.3 Å². The molecule has 0 unspecified atom stereocenters. The monoisotopic (exact) mass is 408 g/mol. The molecule has 2 N–H and O–H groups in total. The summed E-state index contributed by atoms with van der Waals surface area (Å²) in [5.74, 6) is 0.00867. The van der Waals surface area contributed by atoms with Crippen LogP contribution in [0.5, 0.6) is 0 Å². The Bertz CT molecular complexity index is 988. The largest absolute Gasteiger partial charge is 0.353 e. The predicted octanol–water partition coefficient (Wildman–Crippen LogP) is 3.41. The number of aromatic nitrogens is 2. The lowest BCUT2D eigenvalue weighted by atomic mass is 10.0. The average molecular weight is 409 g/mol. The molecule has 1 aliphatic heterocycles. The zero-order valence-corrected chi connectivity index (χ0v) is 17.2. The first kappa shape index (κ1) is 19.4. The Morgan fingerprint density at radius 3 is 2.72 bits per heavy atom. The number of H-pyrrole nitrogens is 1. The summed E-state index contributed by atoms with van der Waals surface area (Å²) in [6, 6.07) is 13.9. The molecule has 1 aromatic carbocycles. The van der Waals surface area contributed by atoms with Gasteiger partial charge >= 0.3 is 0 Å². The van der Waals surface area contributed by atoms with Crippen molar-refractivity contribution in [3.05, 3.63) is 64.0 Å². The Hall–Kier alpha value is -2.93. The number of rotatable bonds is 5. The quantitative estimate of drug-likeness (QED) is 0.679. The maximum Gasteiger partial charge on any atom is 0.271 e. The summed E-state index contributed by atoms with van der Waals surface area (Å²) in [5.41, 5.74) is 3.43. The number of hydrogen-bond acceptors (Lipinski definition) is 4. The van der Waals surface area contributed by atoms with E-state index < -0.39 is 0 Å². The standard InChI is InChI=1S/C22H24N4O2S/c1-15-5-2-3-7-18(15)19-14-20(25-24-19)22(28)26-10-8-16(9-11-26)23-21(27)13-17-6-4-12-29-17/h2-7,12,14,16H,8-11,13H2,1H3,(H,23,27)(H,24,25). The zero-order valence-electron chi connectivity index (χ0n) is 16.4. The molecular formula is C22H24N4O2S. The highest BCUT2D eigenvalue weighted by atomic mass is 32.1. The van der Waals surface area contributed by atoms with Gasteiger partial charge in [-0.15, -0.1) is 11.3 Å². The molecule has 0 bridgehead atoms. The number of aromatic amines is 1. The van der Waals surface area contributed by atoms with Crippen molar-refractivity contribution in [2.75, 3.05) is 13.1 Å². The number of nitrogens with zero attached hydrogens (tertiary/aromatic N) is 2. The van der Waals surface area contributed by atoms with E-state index in [1.165, 1.54) is 0 Å². The summed E-state index contributed by atoms with van der Waals surface area (Å²) in [6.45, 7) is 3.28. The van der Waals surface area contributed by atoms with E-state index >= 15 is 0 Å². The van der Waals surface area contributed by atoms with Crippen molar-refractivity contribution < 1.29 is 9.59 Å². The van der Waals surface area contributed by atoms with Gasteiger partial charge in [0.1, 0.15) is 5.69 Å². The van der Waals surface area contributed by atoms with Crippen LogP contribution in [0.3, 0.4) is 0 Å². The van der Waals surface area contributed by atoms with Crippen molar-refractivity contribution in [2.24, 2.45) is 0 Å². The fourth-order valence-electron chi connectivity index (χ4n) is 3.68. The van der Waals surface area contributed by atoms with Crippen LogP contribution < -0.4 is 5.32 Å². The molecule has 0 atom stereocenters. The lowest BCUT2D eigenvalue weighted by Crippen LogP contribution is -2.46. The van der Waals surface area contributed by atoms with Gasteiger partial charge in [-0.25, -0.2) is 0 Å². The second-order valence-corrected chi connectivity index (χ2v) is 8.40. The molecule has 2 amide bonds. The van der Waals surface area contributed by atoms with E-state index in [9.17, 15) is 9.59 Å². The molecule has 3 heterocycles. The van der Waals surface area contributed by atoms with E-state index in [4.69, 9.17) is 0 Å². The molecule has 0 saturated carbocycles. The number of nitrogens with one attached hydrogen (secondary N) is 2. The molecule has 2 aromatic heterocycles. The van der Waals surface area contributed by atoms with Crippen molar-refractivity contribution in [3.8, 4) is 11.3 Å². The molecular weight excluding hydrogens is 384 g/mol. The van der Waals surface area contributed by atoms with Gasteiger partial charge in [-0.2, -0.15) is 5.10 Å². The fraction of sp³-hybridized carbons (Fsp3) is 0.318. The van der Waals surface area contributed by atoms with Crippen LogP contribution in [-0.4, -0.2) is 46.0 Å². The first-order chi connectivity index (χ1) is 14.1. The first-order valence-corrected chi connectivity index (χ1v) is 10.7. The Morgan fingerprint density at radius 2 is 2.00 bits per heavy atom. The summed E-state index contributed by atoms with van der Waals surface area (Å²) >= 11 is 1.59. The molecule has 29 heavy (non-hydrogen) atoms. The van der Waals surface area contributed by atoms with Crippen LogP contribution in [0.25, 0.3) is 11.3 Å². The van der Waals surface area contributed by atoms with E-state index in [-0.39, 0.29) is 17.9 Å². The average Bonchev–Trinajstić information content (AvgIpc) is 3.40. The zero-order chi connectivity index (χ0) is 20.2.